The molecule has 0 aliphatic carbocycles. The number of ether oxygens (including phenoxy) is 1. The van der Waals surface area contributed by atoms with Crippen LogP contribution in [0.3, 0.4) is 0 Å². The predicted molar refractivity (Wildman–Crippen MR) is 102 cm³/mol. The second kappa shape index (κ2) is 8.81. The average molecular weight is 389 g/mol. The van der Waals surface area contributed by atoms with Gasteiger partial charge in [0.15, 0.2) is 5.78 Å². The molecule has 144 valence electrons. The molecule has 2 aromatic rings. The lowest BCUT2D eigenvalue weighted by Gasteiger charge is -2.22. The van der Waals surface area contributed by atoms with Crippen LogP contribution >= 0.6 is 0 Å². The molecule has 0 N–H and O–H groups in total. The number of carbonyl (C=O) groups is 2. The number of benzene rings is 2. The number of aryl methyl sites for hydroxylation is 1. The van der Waals surface area contributed by atoms with Crippen molar-refractivity contribution in [2.45, 2.75) is 25.7 Å². The van der Waals surface area contributed by atoms with Gasteiger partial charge in [0.2, 0.25) is 0 Å². The minimum absolute atomic E-state index is 0.0303. The molecule has 0 bridgehead atoms. The van der Waals surface area contributed by atoms with Crippen LogP contribution in [0.4, 0.5) is 4.79 Å². The Bertz CT molecular complexity index is 890. The van der Waals surface area contributed by atoms with Gasteiger partial charge in [0.05, 0.1) is 11.5 Å². The summed E-state index contributed by atoms with van der Waals surface area (Å²) in [6, 6.07) is 14.3. The Labute approximate surface area is 159 Å². The SMILES string of the molecule is Cc1ccc(S(=O)(=O)N(CC(=O)c2ccccc2)C(=O)OCC(C)C)cc1. The van der Waals surface area contributed by atoms with Crippen LogP contribution in [0.5, 0.6) is 0 Å². The summed E-state index contributed by atoms with van der Waals surface area (Å²) < 4.78 is 31.5. The summed E-state index contributed by atoms with van der Waals surface area (Å²) in [6.45, 7) is 4.92. The van der Waals surface area contributed by atoms with Gasteiger partial charge in [-0.1, -0.05) is 61.9 Å². The summed E-state index contributed by atoms with van der Waals surface area (Å²) in [6.07, 6.45) is -1.06. The van der Waals surface area contributed by atoms with Crippen molar-refractivity contribution in [3.8, 4) is 0 Å². The van der Waals surface area contributed by atoms with E-state index in [1.807, 2.05) is 20.8 Å². The van der Waals surface area contributed by atoms with Crippen LogP contribution in [0, 0.1) is 12.8 Å². The van der Waals surface area contributed by atoms with E-state index in [1.54, 1.807) is 42.5 Å². The van der Waals surface area contributed by atoms with E-state index < -0.39 is 28.4 Å². The van der Waals surface area contributed by atoms with Crippen LogP contribution in [0.25, 0.3) is 0 Å². The summed E-state index contributed by atoms with van der Waals surface area (Å²) in [4.78, 5) is 24.9. The Kier molecular flexibility index (Phi) is 6.74. The Morgan fingerprint density at radius 3 is 2.15 bits per heavy atom. The van der Waals surface area contributed by atoms with Crippen LogP contribution in [0.2, 0.25) is 0 Å². The van der Waals surface area contributed by atoms with Gasteiger partial charge in [-0.2, -0.15) is 4.31 Å². The smallest absolute Gasteiger partial charge is 0.424 e. The fourth-order valence-electron chi connectivity index (χ4n) is 2.24. The molecule has 0 heterocycles. The Balaban J connectivity index is 2.35. The number of carbonyl (C=O) groups excluding carboxylic acids is 2. The van der Waals surface area contributed by atoms with Crippen LogP contribution < -0.4 is 0 Å². The lowest BCUT2D eigenvalue weighted by atomic mass is 10.1. The van der Waals surface area contributed by atoms with Crippen molar-refractivity contribution in [3.05, 3.63) is 65.7 Å². The molecule has 0 fully saturated rings. The number of hydrogen-bond donors (Lipinski definition) is 0. The van der Waals surface area contributed by atoms with Crippen molar-refractivity contribution < 1.29 is 22.7 Å². The van der Waals surface area contributed by atoms with E-state index in [0.717, 1.165) is 5.56 Å². The maximum absolute atomic E-state index is 13.0. The van der Waals surface area contributed by atoms with Crippen LogP contribution in [-0.4, -0.2) is 37.8 Å². The van der Waals surface area contributed by atoms with Gasteiger partial charge in [-0.15, -0.1) is 0 Å². The van der Waals surface area contributed by atoms with Crippen molar-refractivity contribution in [3.63, 3.8) is 0 Å². The number of nitrogens with zero attached hydrogens (tertiary/aromatic N) is 1. The molecule has 1 amide bonds. The number of rotatable bonds is 7. The van der Waals surface area contributed by atoms with E-state index in [4.69, 9.17) is 4.74 Å². The predicted octanol–water partition coefficient (Wildman–Crippen LogP) is 3.66. The molecule has 0 unspecified atom stereocenters. The Hall–Kier alpha value is -2.67. The van der Waals surface area contributed by atoms with E-state index in [9.17, 15) is 18.0 Å². The fourth-order valence-corrected chi connectivity index (χ4v) is 3.51. The first-order valence-corrected chi connectivity index (χ1v) is 10.00. The Morgan fingerprint density at radius 1 is 1.00 bits per heavy atom. The maximum Gasteiger partial charge on any atom is 0.424 e. The van der Waals surface area contributed by atoms with Crippen molar-refractivity contribution in [1.82, 2.24) is 4.31 Å². The molecule has 0 atom stereocenters. The van der Waals surface area contributed by atoms with E-state index in [0.29, 0.717) is 9.87 Å². The van der Waals surface area contributed by atoms with Crippen molar-refractivity contribution in [2.24, 2.45) is 5.92 Å². The minimum Gasteiger partial charge on any atom is -0.448 e. The molecule has 0 saturated carbocycles. The number of Topliss-reactive ketones (excluding diaryl/α,β-unsaturated/α-hetero) is 1. The number of ketones is 1. The quantitative estimate of drug-likeness (QED) is 0.675. The third-order valence-electron chi connectivity index (χ3n) is 3.74. The molecule has 0 aliphatic rings. The highest BCUT2D eigenvalue weighted by Gasteiger charge is 2.33. The zero-order chi connectivity index (χ0) is 20.0. The van der Waals surface area contributed by atoms with Gasteiger partial charge in [0.1, 0.15) is 6.54 Å². The number of hydrogen-bond acceptors (Lipinski definition) is 5. The lowest BCUT2D eigenvalue weighted by Crippen LogP contribution is -2.41. The van der Waals surface area contributed by atoms with Gasteiger partial charge in [0.25, 0.3) is 10.0 Å². The summed E-state index contributed by atoms with van der Waals surface area (Å²) in [7, 11) is -4.23. The third-order valence-corrected chi connectivity index (χ3v) is 5.46. The molecule has 0 saturated heterocycles. The topological polar surface area (TPSA) is 80.8 Å². The van der Waals surface area contributed by atoms with E-state index in [2.05, 4.69) is 0 Å². The van der Waals surface area contributed by atoms with Gasteiger partial charge in [-0.25, -0.2) is 13.2 Å². The van der Waals surface area contributed by atoms with E-state index in [-0.39, 0.29) is 17.4 Å². The molecule has 0 radical (unpaired) electrons. The molecular weight excluding hydrogens is 366 g/mol. The second-order valence-corrected chi connectivity index (χ2v) is 8.45. The van der Waals surface area contributed by atoms with E-state index in [1.165, 1.54) is 12.1 Å². The highest BCUT2D eigenvalue weighted by Crippen LogP contribution is 2.19. The molecule has 2 aromatic carbocycles. The van der Waals surface area contributed by atoms with Crippen LogP contribution in [0.1, 0.15) is 29.8 Å². The van der Waals surface area contributed by atoms with Gasteiger partial charge < -0.3 is 4.74 Å². The fraction of sp³-hybridized carbons (Fsp3) is 0.300. The molecule has 2 rings (SSSR count). The van der Waals surface area contributed by atoms with Crippen LogP contribution in [-0.2, 0) is 14.8 Å². The minimum atomic E-state index is -4.23. The number of amides is 1. The largest absolute Gasteiger partial charge is 0.448 e. The lowest BCUT2D eigenvalue weighted by molar-refractivity contribution is 0.0904. The zero-order valence-electron chi connectivity index (χ0n) is 15.6. The Morgan fingerprint density at radius 2 is 1.59 bits per heavy atom. The van der Waals surface area contributed by atoms with Crippen molar-refractivity contribution in [1.29, 1.82) is 0 Å². The summed E-state index contributed by atoms with van der Waals surface area (Å²) >= 11 is 0. The highest BCUT2D eigenvalue weighted by atomic mass is 32.2. The van der Waals surface area contributed by atoms with Gasteiger partial charge >= 0.3 is 6.09 Å². The molecule has 6 nitrogen and oxygen atoms in total. The molecule has 0 spiro atoms. The van der Waals surface area contributed by atoms with Gasteiger partial charge in [0, 0.05) is 5.56 Å². The first-order valence-electron chi connectivity index (χ1n) is 8.56. The molecule has 7 heteroatoms. The van der Waals surface area contributed by atoms with Crippen molar-refractivity contribution in [2.75, 3.05) is 13.2 Å². The molecular formula is C20H23NO5S. The second-order valence-electron chi connectivity index (χ2n) is 6.58. The average Bonchev–Trinajstić information content (AvgIpc) is 2.64. The highest BCUT2D eigenvalue weighted by molar-refractivity contribution is 7.89. The summed E-state index contributed by atoms with van der Waals surface area (Å²) in [5, 5.41) is 0. The standard InChI is InChI=1S/C20H23NO5S/c1-15(2)14-26-20(23)21(13-19(22)17-7-5-4-6-8-17)27(24,25)18-11-9-16(3)10-12-18/h4-12,15H,13-14H2,1-3H3. The first kappa shape index (κ1) is 20.6. The first-order chi connectivity index (χ1) is 12.7. The monoisotopic (exact) mass is 389 g/mol. The molecule has 27 heavy (non-hydrogen) atoms. The van der Waals surface area contributed by atoms with Gasteiger partial charge in [-0.05, 0) is 25.0 Å². The van der Waals surface area contributed by atoms with Crippen molar-refractivity contribution >= 4 is 21.9 Å². The maximum atomic E-state index is 13.0. The van der Waals surface area contributed by atoms with E-state index >= 15 is 0 Å². The molecule has 0 aliphatic heterocycles. The summed E-state index contributed by atoms with van der Waals surface area (Å²) in [5.74, 6) is -0.463. The molecule has 0 aromatic heterocycles. The normalized spacial score (nSPS) is 11.3. The third kappa shape index (κ3) is 5.40. The summed E-state index contributed by atoms with van der Waals surface area (Å²) in [5.41, 5.74) is 1.20. The van der Waals surface area contributed by atoms with Gasteiger partial charge in [-0.3, -0.25) is 4.79 Å². The zero-order valence-corrected chi connectivity index (χ0v) is 16.4. The van der Waals surface area contributed by atoms with Crippen LogP contribution in [0.15, 0.2) is 59.5 Å². The number of sulfonamides is 1.